The maximum absolute atomic E-state index is 12.5. The van der Waals surface area contributed by atoms with Gasteiger partial charge in [0.05, 0.1) is 5.92 Å². The van der Waals surface area contributed by atoms with Crippen molar-refractivity contribution in [3.05, 3.63) is 0 Å². The van der Waals surface area contributed by atoms with Gasteiger partial charge in [-0.3, -0.25) is 9.59 Å². The highest BCUT2D eigenvalue weighted by molar-refractivity contribution is 5.79. The molecule has 1 saturated heterocycles. The fourth-order valence-corrected chi connectivity index (χ4v) is 3.20. The number of likely N-dealkylation sites (tertiary alicyclic amines) is 1. The van der Waals surface area contributed by atoms with Gasteiger partial charge in [-0.1, -0.05) is 40.5 Å². The fourth-order valence-electron chi connectivity index (χ4n) is 3.20. The van der Waals surface area contributed by atoms with Gasteiger partial charge in [-0.05, 0) is 18.3 Å². The summed E-state index contributed by atoms with van der Waals surface area (Å²) in [5, 5.41) is 9.10. The Kier molecular flexibility index (Phi) is 5.83. The van der Waals surface area contributed by atoms with Crippen LogP contribution in [0.1, 0.15) is 47.0 Å². The average Bonchev–Trinajstić information content (AvgIpc) is 2.38. The lowest BCUT2D eigenvalue weighted by atomic mass is 9.84. The quantitative estimate of drug-likeness (QED) is 0.834. The maximum Gasteiger partial charge on any atom is 0.306 e. The van der Waals surface area contributed by atoms with Crippen molar-refractivity contribution in [2.75, 3.05) is 13.1 Å². The van der Waals surface area contributed by atoms with Crippen molar-refractivity contribution in [3.63, 3.8) is 0 Å². The molecule has 3 unspecified atom stereocenters. The third-order valence-corrected chi connectivity index (χ3v) is 4.68. The number of carboxylic acids is 1. The zero-order chi connectivity index (χ0) is 14.6. The van der Waals surface area contributed by atoms with Crippen LogP contribution in [0.15, 0.2) is 0 Å². The van der Waals surface area contributed by atoms with Gasteiger partial charge in [-0.15, -0.1) is 0 Å². The summed E-state index contributed by atoms with van der Waals surface area (Å²) in [6.07, 6.45) is 2.62. The molecule has 0 aromatic heterocycles. The molecule has 0 aliphatic carbocycles. The zero-order valence-electron chi connectivity index (χ0n) is 12.6. The average molecular weight is 269 g/mol. The van der Waals surface area contributed by atoms with Crippen LogP contribution >= 0.6 is 0 Å². The molecule has 1 fully saturated rings. The fraction of sp³-hybridized carbons (Fsp3) is 0.867. The number of hydrogen-bond donors (Lipinski definition) is 1. The molecule has 0 spiro atoms. The van der Waals surface area contributed by atoms with Gasteiger partial charge in [-0.25, -0.2) is 0 Å². The van der Waals surface area contributed by atoms with Crippen molar-refractivity contribution in [3.8, 4) is 0 Å². The minimum absolute atomic E-state index is 0.0450. The molecule has 110 valence electrons. The molecule has 0 aromatic carbocycles. The third-order valence-electron chi connectivity index (χ3n) is 4.68. The van der Waals surface area contributed by atoms with Gasteiger partial charge < -0.3 is 10.0 Å². The summed E-state index contributed by atoms with van der Waals surface area (Å²) >= 11 is 0. The van der Waals surface area contributed by atoms with Crippen molar-refractivity contribution in [2.45, 2.75) is 47.0 Å². The number of nitrogens with zero attached hydrogens (tertiary/aromatic N) is 1. The van der Waals surface area contributed by atoms with E-state index in [1.165, 1.54) is 0 Å². The number of carbonyl (C=O) groups excluding carboxylic acids is 1. The van der Waals surface area contributed by atoms with E-state index < -0.39 is 5.97 Å². The Morgan fingerprint density at radius 1 is 1.32 bits per heavy atom. The maximum atomic E-state index is 12.5. The van der Waals surface area contributed by atoms with E-state index in [1.807, 2.05) is 18.7 Å². The van der Waals surface area contributed by atoms with Crippen molar-refractivity contribution in [1.82, 2.24) is 4.90 Å². The molecule has 19 heavy (non-hydrogen) atoms. The first-order chi connectivity index (χ1) is 8.92. The van der Waals surface area contributed by atoms with Gasteiger partial charge >= 0.3 is 5.97 Å². The Morgan fingerprint density at radius 2 is 1.89 bits per heavy atom. The summed E-state index contributed by atoms with van der Waals surface area (Å²) in [6.45, 7) is 9.35. The second-order valence-corrected chi connectivity index (χ2v) is 5.86. The molecule has 1 aliphatic heterocycles. The summed E-state index contributed by atoms with van der Waals surface area (Å²) < 4.78 is 0. The van der Waals surface area contributed by atoms with Gasteiger partial charge in [0, 0.05) is 19.0 Å². The van der Waals surface area contributed by atoms with E-state index in [0.29, 0.717) is 25.4 Å². The summed E-state index contributed by atoms with van der Waals surface area (Å²) in [6, 6.07) is 0. The highest BCUT2D eigenvalue weighted by Crippen LogP contribution is 2.27. The van der Waals surface area contributed by atoms with Crippen LogP contribution in [0.5, 0.6) is 0 Å². The van der Waals surface area contributed by atoms with Crippen LogP contribution in [0.25, 0.3) is 0 Å². The number of rotatable bonds is 5. The lowest BCUT2D eigenvalue weighted by Gasteiger charge is -2.37. The molecule has 0 bridgehead atoms. The standard InChI is InChI=1S/C15H27NO3/c1-5-12(6-2)11(4)14(17)16-8-7-13(15(18)19)10(3)9-16/h10-13H,5-9H2,1-4H3,(H,18,19). The van der Waals surface area contributed by atoms with Gasteiger partial charge in [0.25, 0.3) is 0 Å². The minimum atomic E-state index is -0.729. The van der Waals surface area contributed by atoms with Crippen molar-refractivity contribution in [2.24, 2.45) is 23.7 Å². The Balaban J connectivity index is 2.63. The first kappa shape index (κ1) is 16.0. The van der Waals surface area contributed by atoms with Crippen LogP contribution < -0.4 is 0 Å². The number of aliphatic carboxylic acids is 1. The lowest BCUT2D eigenvalue weighted by Crippen LogP contribution is -2.47. The highest BCUT2D eigenvalue weighted by Gasteiger charge is 2.35. The summed E-state index contributed by atoms with van der Waals surface area (Å²) in [5.74, 6) is -0.308. The molecular weight excluding hydrogens is 242 g/mol. The van der Waals surface area contributed by atoms with Crippen LogP contribution in [0.2, 0.25) is 0 Å². The lowest BCUT2D eigenvalue weighted by molar-refractivity contribution is -0.149. The van der Waals surface area contributed by atoms with E-state index in [-0.39, 0.29) is 23.7 Å². The first-order valence-corrected chi connectivity index (χ1v) is 7.43. The zero-order valence-corrected chi connectivity index (χ0v) is 12.6. The molecule has 1 heterocycles. The molecule has 1 rings (SSSR count). The van der Waals surface area contributed by atoms with Gasteiger partial charge in [0.2, 0.25) is 5.91 Å². The second kappa shape index (κ2) is 6.92. The largest absolute Gasteiger partial charge is 0.481 e. The number of amides is 1. The Hall–Kier alpha value is -1.06. The smallest absolute Gasteiger partial charge is 0.306 e. The van der Waals surface area contributed by atoms with Crippen LogP contribution in [0.4, 0.5) is 0 Å². The number of carboxylic acid groups (broad SMARTS) is 1. The van der Waals surface area contributed by atoms with Crippen molar-refractivity contribution < 1.29 is 14.7 Å². The van der Waals surface area contributed by atoms with Crippen LogP contribution in [-0.2, 0) is 9.59 Å². The normalized spacial score (nSPS) is 25.4. The third kappa shape index (κ3) is 3.71. The molecule has 1 N–H and O–H groups in total. The molecule has 1 amide bonds. The van der Waals surface area contributed by atoms with Crippen LogP contribution in [-0.4, -0.2) is 35.0 Å². The van der Waals surface area contributed by atoms with E-state index in [0.717, 1.165) is 12.8 Å². The van der Waals surface area contributed by atoms with Gasteiger partial charge in [0.15, 0.2) is 0 Å². The Bertz CT molecular complexity index is 325. The number of carbonyl (C=O) groups is 2. The second-order valence-electron chi connectivity index (χ2n) is 5.86. The van der Waals surface area contributed by atoms with Crippen LogP contribution in [0.3, 0.4) is 0 Å². The molecule has 0 radical (unpaired) electrons. The van der Waals surface area contributed by atoms with E-state index >= 15 is 0 Å². The summed E-state index contributed by atoms with van der Waals surface area (Å²) in [7, 11) is 0. The monoisotopic (exact) mass is 269 g/mol. The molecule has 4 heteroatoms. The van der Waals surface area contributed by atoms with E-state index in [1.54, 1.807) is 0 Å². The molecule has 0 aromatic rings. The molecule has 1 aliphatic rings. The van der Waals surface area contributed by atoms with Crippen molar-refractivity contribution >= 4 is 11.9 Å². The first-order valence-electron chi connectivity index (χ1n) is 7.43. The molecule has 4 nitrogen and oxygen atoms in total. The predicted octanol–water partition coefficient (Wildman–Crippen LogP) is 2.63. The van der Waals surface area contributed by atoms with E-state index in [9.17, 15) is 9.59 Å². The van der Waals surface area contributed by atoms with Crippen molar-refractivity contribution in [1.29, 1.82) is 0 Å². The van der Waals surface area contributed by atoms with E-state index in [4.69, 9.17) is 5.11 Å². The number of hydrogen-bond acceptors (Lipinski definition) is 2. The van der Waals surface area contributed by atoms with Crippen LogP contribution in [0, 0.1) is 23.7 Å². The van der Waals surface area contributed by atoms with Gasteiger partial charge in [0.1, 0.15) is 0 Å². The Morgan fingerprint density at radius 3 is 2.32 bits per heavy atom. The molecular formula is C15H27NO3. The van der Waals surface area contributed by atoms with E-state index in [2.05, 4.69) is 13.8 Å². The highest BCUT2D eigenvalue weighted by atomic mass is 16.4. The number of piperidine rings is 1. The molecule has 3 atom stereocenters. The van der Waals surface area contributed by atoms with Gasteiger partial charge in [-0.2, -0.15) is 0 Å². The summed E-state index contributed by atoms with van der Waals surface area (Å²) in [4.78, 5) is 25.4. The SMILES string of the molecule is CCC(CC)C(C)C(=O)N1CCC(C(=O)O)C(C)C1. The summed E-state index contributed by atoms with van der Waals surface area (Å²) in [5.41, 5.74) is 0. The molecule has 0 saturated carbocycles. The Labute approximate surface area is 116 Å². The predicted molar refractivity (Wildman–Crippen MR) is 74.7 cm³/mol. The topological polar surface area (TPSA) is 57.6 Å². The minimum Gasteiger partial charge on any atom is -0.481 e.